The van der Waals surface area contributed by atoms with Gasteiger partial charge in [0.1, 0.15) is 22.0 Å². The van der Waals surface area contributed by atoms with E-state index in [0.717, 1.165) is 15.9 Å². The minimum absolute atomic E-state index is 0.319. The summed E-state index contributed by atoms with van der Waals surface area (Å²) in [6, 6.07) is 7.76. The molecule has 0 aliphatic carbocycles. The Morgan fingerprint density at radius 2 is 1.68 bits per heavy atom. The lowest BCUT2D eigenvalue weighted by Crippen LogP contribution is -2.38. The summed E-state index contributed by atoms with van der Waals surface area (Å²) >= 11 is 1.46. The Hall–Kier alpha value is -2.61. The second kappa shape index (κ2) is 7.43. The number of ether oxygens (including phenoxy) is 1. The molecule has 0 spiro atoms. The van der Waals surface area contributed by atoms with Gasteiger partial charge < -0.3 is 4.74 Å². The highest BCUT2D eigenvalue weighted by Gasteiger charge is 2.23. The molecule has 2 aromatic heterocycles. The summed E-state index contributed by atoms with van der Waals surface area (Å²) in [4.78, 5) is 34.4. The first-order valence-electron chi connectivity index (χ1n) is 8.87. The lowest BCUT2D eigenvalue weighted by atomic mass is 9.96. The molecule has 1 aromatic carbocycles. The Morgan fingerprint density at radius 3 is 2.25 bits per heavy atom. The van der Waals surface area contributed by atoms with E-state index in [4.69, 9.17) is 9.72 Å². The Labute approximate surface area is 167 Å². The van der Waals surface area contributed by atoms with Gasteiger partial charge in [-0.2, -0.15) is 0 Å². The number of aromatic nitrogens is 4. The van der Waals surface area contributed by atoms with E-state index in [1.807, 2.05) is 45.0 Å². The summed E-state index contributed by atoms with van der Waals surface area (Å²) in [5.41, 5.74) is 0.348. The van der Waals surface area contributed by atoms with Crippen LogP contribution in [0.1, 0.15) is 32.2 Å². The van der Waals surface area contributed by atoms with E-state index in [-0.39, 0.29) is 11.0 Å². The number of thioether (sulfide) groups is 1. The molecule has 0 unspecified atom stereocenters. The molecule has 0 aliphatic rings. The average Bonchev–Trinajstić information content (AvgIpc) is 2.68. The molecule has 2 heterocycles. The SMILES string of the molecule is COc1ccc(CSc2nc(C(C)(C)C)nc3c2c(=O)n(C)c(=O)n3C)cc1. The molecule has 0 radical (unpaired) electrons. The van der Waals surface area contributed by atoms with Crippen LogP contribution in [0, 0.1) is 0 Å². The third-order valence-corrected chi connectivity index (χ3v) is 5.52. The molecule has 0 N–H and O–H groups in total. The van der Waals surface area contributed by atoms with Crippen LogP contribution in [0.4, 0.5) is 0 Å². The molecule has 0 amide bonds. The Balaban J connectivity index is 2.15. The van der Waals surface area contributed by atoms with Crippen LogP contribution < -0.4 is 16.0 Å². The highest BCUT2D eigenvalue weighted by atomic mass is 32.2. The molecular weight excluding hydrogens is 376 g/mol. The highest BCUT2D eigenvalue weighted by Crippen LogP contribution is 2.29. The van der Waals surface area contributed by atoms with E-state index < -0.39 is 5.69 Å². The normalized spacial score (nSPS) is 11.8. The zero-order chi connectivity index (χ0) is 20.6. The van der Waals surface area contributed by atoms with Crippen LogP contribution in [0.3, 0.4) is 0 Å². The summed E-state index contributed by atoms with van der Waals surface area (Å²) in [5, 5.41) is 0.957. The molecule has 28 heavy (non-hydrogen) atoms. The van der Waals surface area contributed by atoms with Gasteiger partial charge in [-0.1, -0.05) is 32.9 Å². The summed E-state index contributed by atoms with van der Waals surface area (Å²) < 4.78 is 7.70. The van der Waals surface area contributed by atoms with E-state index in [0.29, 0.717) is 27.6 Å². The largest absolute Gasteiger partial charge is 0.497 e. The third kappa shape index (κ3) is 3.69. The van der Waals surface area contributed by atoms with Gasteiger partial charge in [0.15, 0.2) is 5.65 Å². The molecule has 0 atom stereocenters. The number of aryl methyl sites for hydroxylation is 1. The second-order valence-corrected chi connectivity index (χ2v) is 8.61. The van der Waals surface area contributed by atoms with E-state index in [1.165, 1.54) is 23.4 Å². The van der Waals surface area contributed by atoms with Crippen molar-refractivity contribution in [1.82, 2.24) is 19.1 Å². The number of hydrogen-bond acceptors (Lipinski definition) is 6. The molecule has 3 rings (SSSR count). The van der Waals surface area contributed by atoms with Gasteiger partial charge in [-0.25, -0.2) is 14.8 Å². The first kappa shape index (κ1) is 20.1. The molecule has 7 nitrogen and oxygen atoms in total. The van der Waals surface area contributed by atoms with Crippen molar-refractivity contribution >= 4 is 22.8 Å². The maximum Gasteiger partial charge on any atom is 0.332 e. The minimum atomic E-state index is -0.401. The minimum Gasteiger partial charge on any atom is -0.497 e. The Kier molecular flexibility index (Phi) is 5.34. The van der Waals surface area contributed by atoms with Crippen LogP contribution in [0.5, 0.6) is 5.75 Å². The Bertz CT molecular complexity index is 1140. The van der Waals surface area contributed by atoms with Gasteiger partial charge in [-0.05, 0) is 17.7 Å². The smallest absolute Gasteiger partial charge is 0.332 e. The van der Waals surface area contributed by atoms with Crippen molar-refractivity contribution in [2.75, 3.05) is 7.11 Å². The molecule has 0 bridgehead atoms. The van der Waals surface area contributed by atoms with Crippen LogP contribution in [0.2, 0.25) is 0 Å². The lowest BCUT2D eigenvalue weighted by molar-refractivity contribution is 0.414. The van der Waals surface area contributed by atoms with Crippen molar-refractivity contribution in [3.8, 4) is 5.75 Å². The van der Waals surface area contributed by atoms with E-state index in [9.17, 15) is 9.59 Å². The maximum absolute atomic E-state index is 12.8. The van der Waals surface area contributed by atoms with Crippen molar-refractivity contribution < 1.29 is 4.74 Å². The van der Waals surface area contributed by atoms with Crippen molar-refractivity contribution in [3.63, 3.8) is 0 Å². The van der Waals surface area contributed by atoms with Gasteiger partial charge in [0.2, 0.25) is 0 Å². The van der Waals surface area contributed by atoms with Crippen LogP contribution in [0.15, 0.2) is 38.9 Å². The quantitative estimate of drug-likeness (QED) is 0.495. The van der Waals surface area contributed by atoms with Crippen LogP contribution >= 0.6 is 11.8 Å². The van der Waals surface area contributed by atoms with E-state index in [1.54, 1.807) is 14.2 Å². The van der Waals surface area contributed by atoms with Crippen molar-refractivity contribution in [2.45, 2.75) is 37.0 Å². The highest BCUT2D eigenvalue weighted by molar-refractivity contribution is 7.98. The van der Waals surface area contributed by atoms with Crippen LogP contribution in [-0.4, -0.2) is 26.2 Å². The first-order chi connectivity index (χ1) is 13.1. The van der Waals surface area contributed by atoms with Gasteiger partial charge >= 0.3 is 5.69 Å². The maximum atomic E-state index is 12.8. The summed E-state index contributed by atoms with van der Waals surface area (Å²) in [5.74, 6) is 2.02. The van der Waals surface area contributed by atoms with E-state index >= 15 is 0 Å². The second-order valence-electron chi connectivity index (χ2n) is 7.64. The number of hydrogen-bond donors (Lipinski definition) is 0. The lowest BCUT2D eigenvalue weighted by Gasteiger charge is -2.19. The number of fused-ring (bicyclic) bond motifs is 1. The van der Waals surface area contributed by atoms with Gasteiger partial charge in [0, 0.05) is 25.3 Å². The predicted molar refractivity (Wildman–Crippen MR) is 111 cm³/mol. The first-order valence-corrected chi connectivity index (χ1v) is 9.86. The molecule has 3 aromatic rings. The van der Waals surface area contributed by atoms with Crippen molar-refractivity contribution in [3.05, 3.63) is 56.5 Å². The average molecular weight is 401 g/mol. The fourth-order valence-corrected chi connectivity index (χ4v) is 3.71. The molecule has 8 heteroatoms. The van der Waals surface area contributed by atoms with Crippen molar-refractivity contribution in [2.24, 2.45) is 14.1 Å². The van der Waals surface area contributed by atoms with Gasteiger partial charge in [0.25, 0.3) is 5.56 Å². The standard InChI is InChI=1S/C20H24N4O3S/c1-20(2,3)18-21-15-14(17(25)24(5)19(26)23(15)4)16(22-18)28-11-12-7-9-13(27-6)10-8-12/h7-10H,11H2,1-6H3. The molecule has 0 saturated heterocycles. The summed E-state index contributed by atoms with van der Waals surface area (Å²) in [6.45, 7) is 6.02. The van der Waals surface area contributed by atoms with Gasteiger partial charge in [-0.3, -0.25) is 13.9 Å². The number of methoxy groups -OCH3 is 1. The zero-order valence-corrected chi connectivity index (χ0v) is 17.8. The van der Waals surface area contributed by atoms with Crippen LogP contribution in [0.25, 0.3) is 11.0 Å². The molecular formula is C20H24N4O3S. The third-order valence-electron chi connectivity index (χ3n) is 4.47. The monoisotopic (exact) mass is 400 g/mol. The van der Waals surface area contributed by atoms with E-state index in [2.05, 4.69) is 4.98 Å². The number of nitrogens with zero attached hydrogens (tertiary/aromatic N) is 4. The fraction of sp³-hybridized carbons (Fsp3) is 0.400. The molecule has 0 aliphatic heterocycles. The number of rotatable bonds is 4. The predicted octanol–water partition coefficient (Wildman–Crippen LogP) is 2.63. The van der Waals surface area contributed by atoms with Gasteiger partial charge in [-0.15, -0.1) is 11.8 Å². The van der Waals surface area contributed by atoms with Crippen molar-refractivity contribution in [1.29, 1.82) is 0 Å². The molecule has 0 fully saturated rings. The molecule has 148 valence electrons. The molecule has 0 saturated carbocycles. The topological polar surface area (TPSA) is 79.0 Å². The zero-order valence-electron chi connectivity index (χ0n) is 16.9. The fourth-order valence-electron chi connectivity index (χ4n) is 2.74. The van der Waals surface area contributed by atoms with Crippen LogP contribution in [-0.2, 0) is 25.3 Å². The van der Waals surface area contributed by atoms with Gasteiger partial charge in [0.05, 0.1) is 7.11 Å². The summed E-state index contributed by atoms with van der Waals surface area (Å²) in [6.07, 6.45) is 0. The Morgan fingerprint density at radius 1 is 1.04 bits per heavy atom. The number of benzene rings is 1. The summed E-state index contributed by atoms with van der Waals surface area (Å²) in [7, 11) is 4.73.